The van der Waals surface area contributed by atoms with Gasteiger partial charge in [-0.05, 0) is 56.0 Å². The summed E-state index contributed by atoms with van der Waals surface area (Å²) in [5.74, 6) is -0.594. The fourth-order valence-corrected chi connectivity index (χ4v) is 3.68. The standard InChI is InChI=1S/C20H22ClFN4O/c1-12-10-20(2,3)26(4)17-9-16(22)13(8-15(12)17)11-24-25-19(27)14-6-5-7-23-18(14)21/h5-9,11-12H,10H2,1-4H3,(H,25,27)/b24-11-. The van der Waals surface area contributed by atoms with Gasteiger partial charge in [0, 0.05) is 30.0 Å². The Morgan fingerprint density at radius 2 is 2.22 bits per heavy atom. The first kappa shape index (κ1) is 19.3. The van der Waals surface area contributed by atoms with E-state index in [2.05, 4.69) is 41.2 Å². The molecule has 27 heavy (non-hydrogen) atoms. The van der Waals surface area contributed by atoms with E-state index in [0.29, 0.717) is 11.5 Å². The molecule has 0 fully saturated rings. The zero-order chi connectivity index (χ0) is 19.8. The van der Waals surface area contributed by atoms with Crippen LogP contribution in [0.25, 0.3) is 0 Å². The van der Waals surface area contributed by atoms with E-state index in [-0.39, 0.29) is 22.1 Å². The van der Waals surface area contributed by atoms with Crippen LogP contribution in [0.4, 0.5) is 10.1 Å². The van der Waals surface area contributed by atoms with E-state index in [4.69, 9.17) is 11.6 Å². The number of carbonyl (C=O) groups is 1. The molecule has 0 aliphatic carbocycles. The number of anilines is 1. The Kier molecular flexibility index (Phi) is 5.20. The van der Waals surface area contributed by atoms with Crippen molar-refractivity contribution in [3.63, 3.8) is 0 Å². The van der Waals surface area contributed by atoms with Gasteiger partial charge in [0.25, 0.3) is 5.91 Å². The summed E-state index contributed by atoms with van der Waals surface area (Å²) in [4.78, 5) is 18.0. The number of nitrogens with one attached hydrogen (secondary N) is 1. The predicted molar refractivity (Wildman–Crippen MR) is 106 cm³/mol. The first-order chi connectivity index (χ1) is 12.7. The smallest absolute Gasteiger partial charge is 0.274 e. The first-order valence-electron chi connectivity index (χ1n) is 8.72. The Labute approximate surface area is 163 Å². The van der Waals surface area contributed by atoms with Crippen molar-refractivity contribution in [3.05, 3.63) is 58.1 Å². The largest absolute Gasteiger partial charge is 0.369 e. The van der Waals surface area contributed by atoms with Crippen molar-refractivity contribution in [2.24, 2.45) is 5.10 Å². The molecule has 1 aliphatic rings. The number of benzene rings is 1. The molecule has 0 saturated heterocycles. The van der Waals surface area contributed by atoms with E-state index in [0.717, 1.165) is 17.7 Å². The van der Waals surface area contributed by atoms with Crippen LogP contribution in [0.3, 0.4) is 0 Å². The van der Waals surface area contributed by atoms with Crippen molar-refractivity contribution in [1.82, 2.24) is 10.4 Å². The molecule has 0 bridgehead atoms. The van der Waals surface area contributed by atoms with Crippen molar-refractivity contribution in [2.45, 2.75) is 38.6 Å². The summed E-state index contributed by atoms with van der Waals surface area (Å²) in [5.41, 5.74) is 4.81. The second kappa shape index (κ2) is 7.27. The highest BCUT2D eigenvalue weighted by atomic mass is 35.5. The Hall–Kier alpha value is -2.47. The van der Waals surface area contributed by atoms with Gasteiger partial charge in [0.05, 0.1) is 11.8 Å². The second-order valence-electron chi connectivity index (χ2n) is 7.45. The number of rotatable bonds is 3. The number of hydrogen-bond acceptors (Lipinski definition) is 4. The number of amides is 1. The fourth-order valence-electron chi connectivity index (χ4n) is 3.48. The molecule has 0 saturated carbocycles. The number of hydrazone groups is 1. The molecule has 2 aromatic rings. The lowest BCUT2D eigenvalue weighted by atomic mass is 9.80. The number of fused-ring (bicyclic) bond motifs is 1. The normalized spacial score (nSPS) is 18.4. The van der Waals surface area contributed by atoms with Gasteiger partial charge in [-0.2, -0.15) is 5.10 Å². The van der Waals surface area contributed by atoms with Crippen LogP contribution in [0, 0.1) is 5.82 Å². The maximum Gasteiger partial charge on any atom is 0.274 e. The SMILES string of the molecule is CC1CC(C)(C)N(C)c2cc(F)c(/C=N\NC(=O)c3cccnc3Cl)cc21. The summed E-state index contributed by atoms with van der Waals surface area (Å²) in [5, 5.41) is 3.96. The number of nitrogens with zero attached hydrogens (tertiary/aromatic N) is 3. The molecule has 1 aromatic heterocycles. The zero-order valence-corrected chi connectivity index (χ0v) is 16.5. The molecule has 7 heteroatoms. The van der Waals surface area contributed by atoms with Crippen molar-refractivity contribution < 1.29 is 9.18 Å². The summed E-state index contributed by atoms with van der Waals surface area (Å²) < 4.78 is 14.6. The van der Waals surface area contributed by atoms with Crippen LogP contribution in [-0.4, -0.2) is 29.7 Å². The molecule has 0 radical (unpaired) electrons. The molecular formula is C20H22ClFN4O. The number of aromatic nitrogens is 1. The van der Waals surface area contributed by atoms with Crippen molar-refractivity contribution >= 4 is 29.4 Å². The summed E-state index contributed by atoms with van der Waals surface area (Å²) in [6, 6.07) is 6.48. The topological polar surface area (TPSA) is 57.6 Å². The lowest BCUT2D eigenvalue weighted by Gasteiger charge is -2.45. The highest BCUT2D eigenvalue weighted by Gasteiger charge is 2.34. The molecule has 142 valence electrons. The van der Waals surface area contributed by atoms with Crippen LogP contribution < -0.4 is 10.3 Å². The van der Waals surface area contributed by atoms with Crippen LogP contribution in [-0.2, 0) is 0 Å². The minimum atomic E-state index is -0.502. The summed E-state index contributed by atoms with van der Waals surface area (Å²) in [7, 11) is 1.98. The quantitative estimate of drug-likeness (QED) is 0.483. The molecule has 1 unspecified atom stereocenters. The molecule has 1 atom stereocenters. The highest BCUT2D eigenvalue weighted by molar-refractivity contribution is 6.32. The number of pyridine rings is 1. The van der Waals surface area contributed by atoms with Gasteiger partial charge in [0.15, 0.2) is 0 Å². The van der Waals surface area contributed by atoms with Gasteiger partial charge in [0.1, 0.15) is 11.0 Å². The molecule has 0 spiro atoms. The minimum absolute atomic E-state index is 0.0363. The van der Waals surface area contributed by atoms with E-state index in [1.165, 1.54) is 18.5 Å². The zero-order valence-electron chi connectivity index (χ0n) is 15.8. The third-order valence-corrected chi connectivity index (χ3v) is 5.43. The van der Waals surface area contributed by atoms with Crippen molar-refractivity contribution in [1.29, 1.82) is 0 Å². The summed E-state index contributed by atoms with van der Waals surface area (Å²) in [6.07, 6.45) is 3.77. The van der Waals surface area contributed by atoms with Crippen LogP contribution >= 0.6 is 11.6 Å². The van der Waals surface area contributed by atoms with E-state index in [9.17, 15) is 9.18 Å². The molecule has 1 N–H and O–H groups in total. The number of halogens is 2. The molecule has 5 nitrogen and oxygen atoms in total. The lowest BCUT2D eigenvalue weighted by Crippen LogP contribution is -2.45. The van der Waals surface area contributed by atoms with Gasteiger partial charge in [-0.15, -0.1) is 0 Å². The molecular weight excluding hydrogens is 367 g/mol. The van der Waals surface area contributed by atoms with Crippen LogP contribution in [0.2, 0.25) is 5.15 Å². The molecule has 2 heterocycles. The Morgan fingerprint density at radius 3 is 2.93 bits per heavy atom. The van der Waals surface area contributed by atoms with Gasteiger partial charge >= 0.3 is 0 Å². The van der Waals surface area contributed by atoms with Crippen molar-refractivity contribution in [2.75, 3.05) is 11.9 Å². The lowest BCUT2D eigenvalue weighted by molar-refractivity contribution is 0.0955. The Balaban J connectivity index is 1.82. The minimum Gasteiger partial charge on any atom is -0.369 e. The van der Waals surface area contributed by atoms with Crippen molar-refractivity contribution in [3.8, 4) is 0 Å². The average Bonchev–Trinajstić information content (AvgIpc) is 2.60. The monoisotopic (exact) mass is 388 g/mol. The van der Waals surface area contributed by atoms with Crippen LogP contribution in [0.15, 0.2) is 35.6 Å². The Bertz CT molecular complexity index is 913. The number of hydrogen-bond donors (Lipinski definition) is 1. The second-order valence-corrected chi connectivity index (χ2v) is 7.81. The summed E-state index contributed by atoms with van der Waals surface area (Å²) in [6.45, 7) is 6.44. The maximum absolute atomic E-state index is 14.6. The van der Waals surface area contributed by atoms with E-state index in [1.54, 1.807) is 18.2 Å². The van der Waals surface area contributed by atoms with Gasteiger partial charge in [-0.3, -0.25) is 4.79 Å². The third-order valence-electron chi connectivity index (χ3n) is 5.13. The molecule has 1 aromatic carbocycles. The van der Waals surface area contributed by atoms with Gasteiger partial charge in [0.2, 0.25) is 0 Å². The highest BCUT2D eigenvalue weighted by Crippen LogP contribution is 2.43. The number of carbonyl (C=O) groups excluding carboxylic acids is 1. The van der Waals surface area contributed by atoms with E-state index < -0.39 is 5.91 Å². The van der Waals surface area contributed by atoms with Crippen LogP contribution in [0.1, 0.15) is 54.6 Å². The van der Waals surface area contributed by atoms with E-state index >= 15 is 0 Å². The molecule has 1 aliphatic heterocycles. The molecule has 1 amide bonds. The van der Waals surface area contributed by atoms with Crippen LogP contribution in [0.5, 0.6) is 0 Å². The van der Waals surface area contributed by atoms with Gasteiger partial charge in [-0.25, -0.2) is 14.8 Å². The van der Waals surface area contributed by atoms with E-state index in [1.807, 2.05) is 7.05 Å². The maximum atomic E-state index is 14.6. The van der Waals surface area contributed by atoms with Gasteiger partial charge in [-0.1, -0.05) is 18.5 Å². The average molecular weight is 389 g/mol. The Morgan fingerprint density at radius 1 is 1.48 bits per heavy atom. The van der Waals surface area contributed by atoms with Gasteiger partial charge < -0.3 is 4.90 Å². The molecule has 3 rings (SSSR count). The summed E-state index contributed by atoms with van der Waals surface area (Å²) >= 11 is 5.88. The predicted octanol–water partition coefficient (Wildman–Crippen LogP) is 4.36. The fraction of sp³-hybridized carbons (Fsp3) is 0.350. The third kappa shape index (κ3) is 3.81. The first-order valence-corrected chi connectivity index (χ1v) is 9.09.